The van der Waals surface area contributed by atoms with E-state index in [2.05, 4.69) is 10.3 Å². The number of pyridine rings is 1. The molecule has 0 aliphatic carbocycles. The lowest BCUT2D eigenvalue weighted by Crippen LogP contribution is -2.50. The summed E-state index contributed by atoms with van der Waals surface area (Å²) in [6, 6.07) is 6.91. The molecular formula is C16H19N3O. The molecule has 0 spiro atoms. The summed E-state index contributed by atoms with van der Waals surface area (Å²) in [6.45, 7) is 0. The third-order valence-electron chi connectivity index (χ3n) is 4.75. The van der Waals surface area contributed by atoms with E-state index in [9.17, 15) is 4.79 Å². The Morgan fingerprint density at radius 3 is 2.85 bits per heavy atom. The van der Waals surface area contributed by atoms with Gasteiger partial charge in [0.2, 0.25) is 0 Å². The van der Waals surface area contributed by atoms with Crippen LogP contribution in [0.15, 0.2) is 30.6 Å². The molecule has 4 nitrogen and oxygen atoms in total. The first-order valence-electron chi connectivity index (χ1n) is 7.53. The highest BCUT2D eigenvalue weighted by molar-refractivity contribution is 5.97. The molecule has 2 unspecified atom stereocenters. The van der Waals surface area contributed by atoms with Gasteiger partial charge in [0.15, 0.2) is 5.78 Å². The third-order valence-corrected chi connectivity index (χ3v) is 4.75. The molecule has 2 atom stereocenters. The molecule has 2 saturated heterocycles. The predicted molar refractivity (Wildman–Crippen MR) is 76.8 cm³/mol. The van der Waals surface area contributed by atoms with Crippen LogP contribution < -0.4 is 5.32 Å². The van der Waals surface area contributed by atoms with E-state index >= 15 is 0 Å². The molecule has 104 valence electrons. The molecule has 4 rings (SSSR count). The molecule has 4 heterocycles. The number of Topliss-reactive ketones (excluding diaryl/α,β-unsaturated/α-hetero) is 1. The number of carbonyl (C=O) groups is 1. The minimum Gasteiger partial charge on any atom is -0.311 e. The maximum Gasteiger partial charge on any atom is 0.184 e. The van der Waals surface area contributed by atoms with Crippen LogP contribution in [-0.2, 0) is 0 Å². The van der Waals surface area contributed by atoms with Crippen molar-refractivity contribution < 1.29 is 4.79 Å². The first kappa shape index (κ1) is 12.1. The van der Waals surface area contributed by atoms with Crippen LogP contribution in [0.1, 0.15) is 42.6 Å². The van der Waals surface area contributed by atoms with Gasteiger partial charge in [-0.3, -0.25) is 9.20 Å². The van der Waals surface area contributed by atoms with Gasteiger partial charge < -0.3 is 5.32 Å². The van der Waals surface area contributed by atoms with Gasteiger partial charge in [-0.15, -0.1) is 0 Å². The second-order valence-electron chi connectivity index (χ2n) is 6.10. The van der Waals surface area contributed by atoms with Gasteiger partial charge in [0.25, 0.3) is 0 Å². The van der Waals surface area contributed by atoms with Crippen LogP contribution in [0.25, 0.3) is 5.65 Å². The topological polar surface area (TPSA) is 46.4 Å². The van der Waals surface area contributed by atoms with Gasteiger partial charge in [-0.25, -0.2) is 4.98 Å². The molecule has 4 heteroatoms. The molecule has 20 heavy (non-hydrogen) atoms. The number of fused-ring (bicyclic) bond motifs is 3. The van der Waals surface area contributed by atoms with Crippen molar-refractivity contribution >= 4 is 11.4 Å². The Morgan fingerprint density at radius 2 is 2.05 bits per heavy atom. The van der Waals surface area contributed by atoms with E-state index in [0.717, 1.165) is 24.2 Å². The highest BCUT2D eigenvalue weighted by Crippen LogP contribution is 2.31. The largest absolute Gasteiger partial charge is 0.311 e. The zero-order chi connectivity index (χ0) is 13.5. The second kappa shape index (κ2) is 4.70. The predicted octanol–water partition coefficient (Wildman–Crippen LogP) is 2.44. The molecule has 2 aromatic rings. The van der Waals surface area contributed by atoms with Gasteiger partial charge in [-0.1, -0.05) is 12.5 Å². The number of nitrogens with zero attached hydrogens (tertiary/aromatic N) is 2. The molecule has 2 aliphatic heterocycles. The fourth-order valence-electron chi connectivity index (χ4n) is 3.80. The lowest BCUT2D eigenvalue weighted by atomic mass is 9.78. The summed E-state index contributed by atoms with van der Waals surface area (Å²) in [5.74, 6) is 0.425. The van der Waals surface area contributed by atoms with Crippen molar-refractivity contribution in [3.05, 3.63) is 36.3 Å². The Labute approximate surface area is 118 Å². The summed E-state index contributed by atoms with van der Waals surface area (Å²) in [6.07, 6.45) is 9.36. The molecular weight excluding hydrogens is 250 g/mol. The minimum atomic E-state index is 0.159. The maximum absolute atomic E-state index is 12.8. The number of imidazole rings is 1. The summed E-state index contributed by atoms with van der Waals surface area (Å²) in [5.41, 5.74) is 1.59. The molecule has 2 aromatic heterocycles. The van der Waals surface area contributed by atoms with Crippen molar-refractivity contribution in [3.63, 3.8) is 0 Å². The summed E-state index contributed by atoms with van der Waals surface area (Å²) in [5, 5.41) is 3.65. The van der Waals surface area contributed by atoms with E-state index < -0.39 is 0 Å². The molecule has 0 radical (unpaired) electrons. The Morgan fingerprint density at radius 1 is 1.25 bits per heavy atom. The number of hydrogen-bond acceptors (Lipinski definition) is 3. The summed E-state index contributed by atoms with van der Waals surface area (Å²) in [4.78, 5) is 17.2. The van der Waals surface area contributed by atoms with Crippen LogP contribution in [-0.4, -0.2) is 27.3 Å². The molecule has 2 fully saturated rings. The van der Waals surface area contributed by atoms with Gasteiger partial charge in [0.05, 0.1) is 6.20 Å². The quantitative estimate of drug-likeness (QED) is 0.852. The number of nitrogens with one attached hydrogen (secondary N) is 1. The number of piperidine rings is 2. The third kappa shape index (κ3) is 1.95. The van der Waals surface area contributed by atoms with Crippen LogP contribution in [0.5, 0.6) is 0 Å². The molecule has 0 saturated carbocycles. The summed E-state index contributed by atoms with van der Waals surface area (Å²) in [7, 11) is 0. The van der Waals surface area contributed by atoms with Crippen LogP contribution in [0.3, 0.4) is 0 Å². The van der Waals surface area contributed by atoms with E-state index in [1.54, 1.807) is 6.20 Å². The monoisotopic (exact) mass is 269 g/mol. The van der Waals surface area contributed by atoms with E-state index in [1.807, 2.05) is 28.8 Å². The van der Waals surface area contributed by atoms with Crippen molar-refractivity contribution in [1.29, 1.82) is 0 Å². The number of ketones is 1. The number of rotatable bonds is 2. The Hall–Kier alpha value is -1.68. The summed E-state index contributed by atoms with van der Waals surface area (Å²) < 4.78 is 1.92. The first-order valence-corrected chi connectivity index (χ1v) is 7.53. The normalized spacial score (nSPS) is 29.5. The van der Waals surface area contributed by atoms with Gasteiger partial charge in [-0.05, 0) is 37.8 Å². The average Bonchev–Trinajstić information content (AvgIpc) is 2.90. The molecule has 2 bridgehead atoms. The molecule has 2 aliphatic rings. The lowest BCUT2D eigenvalue weighted by molar-refractivity contribution is 0.0819. The van der Waals surface area contributed by atoms with Crippen LogP contribution in [0, 0.1) is 5.92 Å². The van der Waals surface area contributed by atoms with Crippen molar-refractivity contribution in [2.24, 2.45) is 5.92 Å². The maximum atomic E-state index is 12.8. The van der Waals surface area contributed by atoms with Crippen molar-refractivity contribution in [2.75, 3.05) is 0 Å². The van der Waals surface area contributed by atoms with Crippen LogP contribution in [0.2, 0.25) is 0 Å². The van der Waals surface area contributed by atoms with Crippen molar-refractivity contribution in [2.45, 2.75) is 44.2 Å². The van der Waals surface area contributed by atoms with Crippen LogP contribution in [0.4, 0.5) is 0 Å². The second-order valence-corrected chi connectivity index (χ2v) is 6.10. The van der Waals surface area contributed by atoms with E-state index in [-0.39, 0.29) is 11.7 Å². The Bertz CT molecular complexity index is 636. The van der Waals surface area contributed by atoms with Crippen LogP contribution >= 0.6 is 0 Å². The summed E-state index contributed by atoms with van der Waals surface area (Å²) >= 11 is 0. The highest BCUT2D eigenvalue weighted by Gasteiger charge is 2.35. The molecule has 0 aromatic carbocycles. The Balaban J connectivity index is 1.63. The van der Waals surface area contributed by atoms with E-state index in [0.29, 0.717) is 12.1 Å². The highest BCUT2D eigenvalue weighted by atomic mass is 16.1. The minimum absolute atomic E-state index is 0.159. The fraction of sp³-hybridized carbons (Fsp3) is 0.500. The standard InChI is InChI=1S/C16H19N3O/c20-16(11-8-12-4-3-5-13(9-11)18-12)14-10-17-15-6-1-2-7-19(14)15/h1-2,6-7,10-13,18H,3-5,8-9H2. The number of aromatic nitrogens is 2. The van der Waals surface area contributed by atoms with Crippen molar-refractivity contribution in [1.82, 2.24) is 14.7 Å². The first-order chi connectivity index (χ1) is 9.81. The van der Waals surface area contributed by atoms with Gasteiger partial charge >= 0.3 is 0 Å². The zero-order valence-corrected chi connectivity index (χ0v) is 11.5. The smallest absolute Gasteiger partial charge is 0.184 e. The van der Waals surface area contributed by atoms with Gasteiger partial charge in [0.1, 0.15) is 11.3 Å². The van der Waals surface area contributed by atoms with E-state index in [4.69, 9.17) is 0 Å². The average molecular weight is 269 g/mol. The fourth-order valence-corrected chi connectivity index (χ4v) is 3.80. The van der Waals surface area contributed by atoms with Crippen molar-refractivity contribution in [3.8, 4) is 0 Å². The SMILES string of the molecule is O=C(c1cnc2ccccn12)C1CC2CCCC(C1)N2. The Kier molecular flexibility index (Phi) is 2.84. The molecule has 0 amide bonds. The van der Waals surface area contributed by atoms with Gasteiger partial charge in [-0.2, -0.15) is 0 Å². The van der Waals surface area contributed by atoms with Gasteiger partial charge in [0, 0.05) is 24.2 Å². The van der Waals surface area contributed by atoms with E-state index in [1.165, 1.54) is 19.3 Å². The number of hydrogen-bond donors (Lipinski definition) is 1. The zero-order valence-electron chi connectivity index (χ0n) is 11.5. The number of carbonyl (C=O) groups excluding carboxylic acids is 1. The lowest BCUT2D eigenvalue weighted by Gasteiger charge is -2.39. The molecule has 1 N–H and O–H groups in total.